The third-order valence-corrected chi connectivity index (χ3v) is 4.64. The van der Waals surface area contributed by atoms with Crippen LogP contribution in [0.15, 0.2) is 71.2 Å². The zero-order valence-corrected chi connectivity index (χ0v) is 16.5. The lowest BCUT2D eigenvalue weighted by Crippen LogP contribution is -2.00. The van der Waals surface area contributed by atoms with Gasteiger partial charge in [-0.05, 0) is 66.7 Å². The zero-order valence-electron chi connectivity index (χ0n) is 14.2. The van der Waals surface area contributed by atoms with Gasteiger partial charge in [-0.1, -0.05) is 27.5 Å². The van der Waals surface area contributed by atoms with E-state index in [-0.39, 0.29) is 11.6 Å². The fourth-order valence-corrected chi connectivity index (χ4v) is 3.50. The van der Waals surface area contributed by atoms with Crippen LogP contribution in [-0.4, -0.2) is 15.0 Å². The van der Waals surface area contributed by atoms with E-state index in [0.29, 0.717) is 39.2 Å². The highest BCUT2D eigenvalue weighted by molar-refractivity contribution is 9.10. The molecule has 4 rings (SSSR count). The van der Waals surface area contributed by atoms with E-state index in [1.54, 1.807) is 36.4 Å². The Morgan fingerprint density at radius 3 is 1.46 bits per heavy atom. The summed E-state index contributed by atoms with van der Waals surface area (Å²) < 4.78 is 27.4. The normalized spacial score (nSPS) is 10.9. The maximum absolute atomic E-state index is 13.3. The van der Waals surface area contributed by atoms with Gasteiger partial charge >= 0.3 is 0 Å². The first-order valence-electron chi connectivity index (χ1n) is 8.22. The molecule has 0 aliphatic rings. The largest absolute Gasteiger partial charge is 0.208 e. The van der Waals surface area contributed by atoms with Crippen molar-refractivity contribution in [2.45, 2.75) is 0 Å². The number of benzene rings is 3. The van der Waals surface area contributed by atoms with Crippen LogP contribution in [-0.2, 0) is 0 Å². The summed E-state index contributed by atoms with van der Waals surface area (Å²) in [5.41, 5.74) is 1.96. The average Bonchev–Trinajstić information content (AvgIpc) is 2.68. The Kier molecular flexibility index (Phi) is 5.15. The van der Waals surface area contributed by atoms with E-state index < -0.39 is 0 Å². The van der Waals surface area contributed by atoms with Gasteiger partial charge in [0.15, 0.2) is 17.5 Å². The van der Waals surface area contributed by atoms with Crippen molar-refractivity contribution in [3.63, 3.8) is 0 Å². The van der Waals surface area contributed by atoms with Gasteiger partial charge in [-0.25, -0.2) is 23.7 Å². The lowest BCUT2D eigenvalue weighted by molar-refractivity contribution is 0.627. The molecule has 0 bridgehead atoms. The topological polar surface area (TPSA) is 38.7 Å². The molecule has 138 valence electrons. The molecule has 3 aromatic carbocycles. The van der Waals surface area contributed by atoms with E-state index >= 15 is 0 Å². The van der Waals surface area contributed by atoms with Crippen LogP contribution < -0.4 is 0 Å². The molecule has 0 unspecified atom stereocenters. The summed E-state index contributed by atoms with van der Waals surface area (Å²) in [5.74, 6) is 0.448. The molecule has 0 aliphatic heterocycles. The molecule has 0 amide bonds. The van der Waals surface area contributed by atoms with Gasteiger partial charge in [-0.3, -0.25) is 0 Å². The molecule has 0 saturated heterocycles. The summed E-state index contributed by atoms with van der Waals surface area (Å²) in [6.45, 7) is 0. The van der Waals surface area contributed by atoms with Crippen LogP contribution in [0.2, 0.25) is 5.02 Å². The number of rotatable bonds is 3. The SMILES string of the molecule is Fc1ccc(-c2nc(-c3ccc(F)cc3)nc(-c3cc(Cl)cc(Br)c3)n2)cc1. The first kappa shape index (κ1) is 18.7. The Labute approximate surface area is 173 Å². The fourth-order valence-electron chi connectivity index (χ4n) is 2.64. The third kappa shape index (κ3) is 4.08. The van der Waals surface area contributed by atoms with Crippen molar-refractivity contribution in [3.8, 4) is 34.2 Å². The van der Waals surface area contributed by atoms with Gasteiger partial charge in [-0.15, -0.1) is 0 Å². The second-order valence-corrected chi connectivity index (χ2v) is 7.33. The molecular weight excluding hydrogens is 448 g/mol. The van der Waals surface area contributed by atoms with Crippen LogP contribution in [0.4, 0.5) is 8.78 Å². The lowest BCUT2D eigenvalue weighted by Gasteiger charge is -2.09. The van der Waals surface area contributed by atoms with Crippen molar-refractivity contribution in [2.24, 2.45) is 0 Å². The predicted molar refractivity (Wildman–Crippen MR) is 109 cm³/mol. The quantitative estimate of drug-likeness (QED) is 0.349. The molecule has 1 heterocycles. The van der Waals surface area contributed by atoms with Gasteiger partial charge in [0.05, 0.1) is 0 Å². The van der Waals surface area contributed by atoms with Crippen LogP contribution in [0, 0.1) is 11.6 Å². The van der Waals surface area contributed by atoms with Gasteiger partial charge in [0.2, 0.25) is 0 Å². The van der Waals surface area contributed by atoms with Gasteiger partial charge in [0.25, 0.3) is 0 Å². The molecule has 1 aromatic heterocycles. The second kappa shape index (κ2) is 7.73. The van der Waals surface area contributed by atoms with Crippen LogP contribution in [0.1, 0.15) is 0 Å². The minimum atomic E-state index is -0.351. The molecule has 7 heteroatoms. The second-order valence-electron chi connectivity index (χ2n) is 5.98. The average molecular weight is 459 g/mol. The summed E-state index contributed by atoms with van der Waals surface area (Å²) in [5, 5.41) is 0.524. The standard InChI is InChI=1S/C21H11BrClF2N3/c22-15-9-14(10-16(23)11-15)21-27-19(12-1-5-17(24)6-2-12)26-20(28-21)13-3-7-18(25)8-4-13/h1-11H. The molecule has 28 heavy (non-hydrogen) atoms. The van der Waals surface area contributed by atoms with Crippen LogP contribution in [0.25, 0.3) is 34.2 Å². The maximum atomic E-state index is 13.3. The molecule has 0 radical (unpaired) electrons. The first-order chi connectivity index (χ1) is 13.5. The van der Waals surface area contributed by atoms with E-state index in [9.17, 15) is 8.78 Å². The summed E-state index contributed by atoms with van der Waals surface area (Å²) >= 11 is 9.58. The molecule has 0 N–H and O–H groups in total. The third-order valence-electron chi connectivity index (χ3n) is 3.96. The summed E-state index contributed by atoms with van der Waals surface area (Å²) in [6, 6.07) is 17.1. The van der Waals surface area contributed by atoms with Crippen molar-refractivity contribution in [3.05, 3.63) is 87.9 Å². The number of hydrogen-bond donors (Lipinski definition) is 0. The molecule has 0 atom stereocenters. The molecular formula is C21H11BrClF2N3. The van der Waals surface area contributed by atoms with E-state index in [0.717, 1.165) is 4.47 Å². The lowest BCUT2D eigenvalue weighted by atomic mass is 10.1. The van der Waals surface area contributed by atoms with Gasteiger partial charge in [0.1, 0.15) is 11.6 Å². The maximum Gasteiger partial charge on any atom is 0.164 e. The van der Waals surface area contributed by atoms with Gasteiger partial charge in [-0.2, -0.15) is 0 Å². The highest BCUT2D eigenvalue weighted by atomic mass is 79.9. The first-order valence-corrected chi connectivity index (χ1v) is 9.39. The van der Waals surface area contributed by atoms with E-state index in [1.165, 1.54) is 24.3 Å². The van der Waals surface area contributed by atoms with Crippen LogP contribution in [0.5, 0.6) is 0 Å². The molecule has 4 aromatic rings. The highest BCUT2D eigenvalue weighted by Crippen LogP contribution is 2.28. The number of hydrogen-bond acceptors (Lipinski definition) is 3. The van der Waals surface area contributed by atoms with Crippen molar-refractivity contribution < 1.29 is 8.78 Å². The molecule has 0 aliphatic carbocycles. The van der Waals surface area contributed by atoms with Crippen molar-refractivity contribution in [1.82, 2.24) is 15.0 Å². The number of nitrogens with zero attached hydrogens (tertiary/aromatic N) is 3. The van der Waals surface area contributed by atoms with E-state index in [1.807, 2.05) is 6.07 Å². The molecule has 0 saturated carbocycles. The minimum absolute atomic E-state index is 0.351. The smallest absolute Gasteiger partial charge is 0.164 e. The van der Waals surface area contributed by atoms with E-state index in [4.69, 9.17) is 11.6 Å². The Hall–Kier alpha value is -2.70. The summed E-state index contributed by atoms with van der Waals surface area (Å²) in [6.07, 6.45) is 0. The Bertz CT molecular complexity index is 1070. The number of aromatic nitrogens is 3. The highest BCUT2D eigenvalue weighted by Gasteiger charge is 2.13. The Morgan fingerprint density at radius 2 is 1.04 bits per heavy atom. The van der Waals surface area contributed by atoms with Gasteiger partial charge < -0.3 is 0 Å². The number of halogens is 4. The minimum Gasteiger partial charge on any atom is -0.208 e. The van der Waals surface area contributed by atoms with Crippen LogP contribution in [0.3, 0.4) is 0 Å². The molecule has 0 fully saturated rings. The molecule has 0 spiro atoms. The summed E-state index contributed by atoms with van der Waals surface area (Å²) in [7, 11) is 0. The fraction of sp³-hybridized carbons (Fsp3) is 0. The van der Waals surface area contributed by atoms with Crippen molar-refractivity contribution >= 4 is 27.5 Å². The molecule has 3 nitrogen and oxygen atoms in total. The zero-order chi connectivity index (χ0) is 19.7. The summed E-state index contributed by atoms with van der Waals surface area (Å²) in [4.78, 5) is 13.6. The predicted octanol–water partition coefficient (Wildman–Crippen LogP) is 6.57. The van der Waals surface area contributed by atoms with E-state index in [2.05, 4.69) is 30.9 Å². The Balaban J connectivity index is 1.92. The van der Waals surface area contributed by atoms with Gasteiger partial charge in [0, 0.05) is 26.2 Å². The monoisotopic (exact) mass is 457 g/mol. The van der Waals surface area contributed by atoms with Crippen LogP contribution >= 0.6 is 27.5 Å². The Morgan fingerprint density at radius 1 is 0.607 bits per heavy atom. The van der Waals surface area contributed by atoms with Crippen molar-refractivity contribution in [1.29, 1.82) is 0 Å². The van der Waals surface area contributed by atoms with Crippen molar-refractivity contribution in [2.75, 3.05) is 0 Å².